The van der Waals surface area contributed by atoms with Gasteiger partial charge in [-0.15, -0.1) is 12.1 Å². The molecule has 4 aromatic carbocycles. The molecule has 0 nitrogen and oxygen atoms in total. The van der Waals surface area contributed by atoms with E-state index in [1.54, 1.807) is 0 Å². The molecule has 38 heavy (non-hydrogen) atoms. The second-order valence-electron chi connectivity index (χ2n) is 7.37. The molecule has 0 aromatic heterocycles. The molecule has 200 valence electrons. The first-order chi connectivity index (χ1) is 17.6. The summed E-state index contributed by atoms with van der Waals surface area (Å²) in [6, 6.07) is 0.276. The van der Waals surface area contributed by atoms with Gasteiger partial charge in [0.15, 0.2) is 58.2 Å². The highest BCUT2D eigenvalue weighted by molar-refractivity contribution is 5.97. The molecule has 0 radical (unpaired) electrons. The average Bonchev–Trinajstić information content (AvgIpc) is 3.30. The monoisotopic (exact) mass is 563 g/mol. The molecule has 0 aliphatic rings. The van der Waals surface area contributed by atoms with Gasteiger partial charge in [0.1, 0.15) is 23.3 Å². The predicted molar refractivity (Wildman–Crippen MR) is 97.7 cm³/mol. The maximum atomic E-state index is 14.7. The highest BCUT2D eigenvalue weighted by Crippen LogP contribution is 2.48. The standard InChI is InChI=1S/C23H2F15/c24-9-6(10(25)16(31)21(36)15(9)30)3-1-2-4(7-11(26)17(32)22(37)18(33)12(7)27)5(3)8-13(28)19(34)23(38)20(35)14(8)29/h1-2H/q-1. The lowest BCUT2D eigenvalue weighted by molar-refractivity contribution is 0.380. The van der Waals surface area contributed by atoms with Crippen molar-refractivity contribution in [3.8, 4) is 33.4 Å². The summed E-state index contributed by atoms with van der Waals surface area (Å²) in [6.45, 7) is 0. The lowest BCUT2D eigenvalue weighted by Crippen LogP contribution is -2.08. The molecule has 4 aromatic rings. The van der Waals surface area contributed by atoms with Crippen LogP contribution < -0.4 is 0 Å². The topological polar surface area (TPSA) is 0 Å². The van der Waals surface area contributed by atoms with Crippen molar-refractivity contribution in [3.63, 3.8) is 0 Å². The third kappa shape index (κ3) is 3.55. The molecule has 0 heterocycles. The largest absolute Gasteiger partial charge is 0.242 e. The van der Waals surface area contributed by atoms with E-state index in [4.69, 9.17) is 0 Å². The van der Waals surface area contributed by atoms with Crippen LogP contribution in [0.2, 0.25) is 0 Å². The molecule has 0 atom stereocenters. The fourth-order valence-corrected chi connectivity index (χ4v) is 3.67. The van der Waals surface area contributed by atoms with Crippen LogP contribution in [0.3, 0.4) is 0 Å². The zero-order chi connectivity index (χ0) is 28.5. The fraction of sp³-hybridized carbons (Fsp3) is 0. The Balaban J connectivity index is 2.29. The van der Waals surface area contributed by atoms with Crippen molar-refractivity contribution in [2.75, 3.05) is 0 Å². The summed E-state index contributed by atoms with van der Waals surface area (Å²) in [7, 11) is 0. The van der Waals surface area contributed by atoms with Gasteiger partial charge in [0.25, 0.3) is 0 Å². The summed E-state index contributed by atoms with van der Waals surface area (Å²) in [5.41, 5.74) is -11.5. The van der Waals surface area contributed by atoms with Gasteiger partial charge in [-0.3, -0.25) is 0 Å². The summed E-state index contributed by atoms with van der Waals surface area (Å²) in [5, 5.41) is 0. The Hall–Kier alpha value is -4.04. The number of halogens is 15. The van der Waals surface area contributed by atoms with Crippen molar-refractivity contribution >= 4 is 0 Å². The quantitative estimate of drug-likeness (QED) is 0.102. The Bertz CT molecular complexity index is 1490. The van der Waals surface area contributed by atoms with Crippen LogP contribution in [-0.4, -0.2) is 0 Å². The van der Waals surface area contributed by atoms with Crippen molar-refractivity contribution in [2.45, 2.75) is 0 Å². The van der Waals surface area contributed by atoms with Crippen molar-refractivity contribution in [1.29, 1.82) is 0 Å². The van der Waals surface area contributed by atoms with Gasteiger partial charge in [0.05, 0.1) is 0 Å². The van der Waals surface area contributed by atoms with Gasteiger partial charge in [0.2, 0.25) is 5.82 Å². The molecule has 0 aliphatic carbocycles. The van der Waals surface area contributed by atoms with Crippen LogP contribution in [0.15, 0.2) is 12.1 Å². The van der Waals surface area contributed by atoms with Gasteiger partial charge in [0, 0.05) is 11.1 Å². The van der Waals surface area contributed by atoms with E-state index in [0.29, 0.717) is 0 Å². The van der Waals surface area contributed by atoms with Crippen LogP contribution in [-0.2, 0) is 0 Å². The van der Waals surface area contributed by atoms with E-state index < -0.39 is 121 Å². The summed E-state index contributed by atoms with van der Waals surface area (Å²) in [5.74, 6) is -41.1. The zero-order valence-corrected chi connectivity index (χ0v) is 17.3. The Labute approximate surface area is 199 Å². The second kappa shape index (κ2) is 9.06. The lowest BCUT2D eigenvalue weighted by Gasteiger charge is -2.21. The van der Waals surface area contributed by atoms with E-state index in [0.717, 1.165) is 0 Å². The van der Waals surface area contributed by atoms with Gasteiger partial charge in [-0.1, -0.05) is 16.7 Å². The molecule has 4 rings (SSSR count). The predicted octanol–water partition coefficient (Wildman–Crippen LogP) is 8.49. The Morgan fingerprint density at radius 1 is 0.342 bits per heavy atom. The van der Waals surface area contributed by atoms with Crippen LogP contribution in [0.1, 0.15) is 0 Å². The summed E-state index contributed by atoms with van der Waals surface area (Å²) in [6.07, 6.45) is 0. The minimum absolute atomic E-state index is 0.138. The maximum Gasteiger partial charge on any atom is 0.200 e. The third-order valence-electron chi connectivity index (χ3n) is 5.37. The molecule has 0 saturated heterocycles. The Kier molecular flexibility index (Phi) is 6.44. The minimum Gasteiger partial charge on any atom is -0.242 e. The molecule has 0 amide bonds. The molecule has 0 bridgehead atoms. The molecule has 15 heteroatoms. The van der Waals surface area contributed by atoms with Gasteiger partial charge in [-0.25, -0.2) is 65.9 Å². The number of rotatable bonds is 3. The van der Waals surface area contributed by atoms with Crippen LogP contribution in [0.5, 0.6) is 0 Å². The highest BCUT2D eigenvalue weighted by Gasteiger charge is 2.32. The molecule has 0 N–H and O–H groups in total. The summed E-state index contributed by atoms with van der Waals surface area (Å²) in [4.78, 5) is 0. The third-order valence-corrected chi connectivity index (χ3v) is 5.37. The fourth-order valence-electron chi connectivity index (χ4n) is 3.67. The Morgan fingerprint density at radius 2 is 0.632 bits per heavy atom. The first-order valence-electron chi connectivity index (χ1n) is 9.50. The molecule has 0 saturated carbocycles. The van der Waals surface area contributed by atoms with Crippen molar-refractivity contribution in [2.24, 2.45) is 0 Å². The molecular weight excluding hydrogens is 561 g/mol. The second-order valence-corrected chi connectivity index (χ2v) is 7.37. The van der Waals surface area contributed by atoms with E-state index in [1.807, 2.05) is 0 Å². The molecule has 0 spiro atoms. The maximum absolute atomic E-state index is 14.7. The number of benzene rings is 3. The average molecular weight is 563 g/mol. The van der Waals surface area contributed by atoms with Crippen LogP contribution in [0.25, 0.3) is 33.4 Å². The SMILES string of the molecule is Fc1c(F)c(F)c(-c2cc[c-](-c3c(F)c(F)c(F)c(F)c3F)c2-c2c(F)c(F)c(F)c(F)c2F)c(F)c1F. The molecule has 0 unspecified atom stereocenters. The van der Waals surface area contributed by atoms with E-state index in [2.05, 4.69) is 0 Å². The summed E-state index contributed by atoms with van der Waals surface area (Å²) >= 11 is 0. The van der Waals surface area contributed by atoms with E-state index in [-0.39, 0.29) is 12.1 Å². The zero-order valence-electron chi connectivity index (χ0n) is 17.3. The normalized spacial score (nSPS) is 11.6. The van der Waals surface area contributed by atoms with E-state index in [1.165, 1.54) is 0 Å². The van der Waals surface area contributed by atoms with Gasteiger partial charge >= 0.3 is 0 Å². The highest BCUT2D eigenvalue weighted by atomic mass is 19.2. The van der Waals surface area contributed by atoms with Crippen molar-refractivity contribution in [1.82, 2.24) is 0 Å². The Morgan fingerprint density at radius 3 is 1.00 bits per heavy atom. The summed E-state index contributed by atoms with van der Waals surface area (Å²) < 4.78 is 211. The van der Waals surface area contributed by atoms with E-state index in [9.17, 15) is 65.9 Å². The van der Waals surface area contributed by atoms with E-state index >= 15 is 0 Å². The number of hydrogen-bond donors (Lipinski definition) is 0. The van der Waals surface area contributed by atoms with Crippen molar-refractivity contribution in [3.05, 3.63) is 99.4 Å². The first kappa shape index (κ1) is 27.0. The molecule has 0 aliphatic heterocycles. The van der Waals surface area contributed by atoms with Gasteiger partial charge in [-0.2, -0.15) is 0 Å². The van der Waals surface area contributed by atoms with Gasteiger partial charge in [-0.05, 0) is 5.56 Å². The first-order valence-corrected chi connectivity index (χ1v) is 9.50. The van der Waals surface area contributed by atoms with Crippen molar-refractivity contribution < 1.29 is 65.9 Å². The number of hydrogen-bond acceptors (Lipinski definition) is 0. The van der Waals surface area contributed by atoms with Gasteiger partial charge < -0.3 is 0 Å². The van der Waals surface area contributed by atoms with Crippen LogP contribution in [0, 0.1) is 87.3 Å². The van der Waals surface area contributed by atoms with Crippen LogP contribution >= 0.6 is 0 Å². The lowest BCUT2D eigenvalue weighted by atomic mass is 9.91. The van der Waals surface area contributed by atoms with Crippen LogP contribution in [0.4, 0.5) is 65.9 Å². The molecular formula is C23H2F15-. The smallest absolute Gasteiger partial charge is 0.200 e. The molecule has 0 fully saturated rings. The minimum atomic E-state index is -2.83.